The Morgan fingerprint density at radius 1 is 0.969 bits per heavy atom. The number of carbonyl (C=O) groups is 1. The second kappa shape index (κ2) is 10.2. The zero-order valence-corrected chi connectivity index (χ0v) is 18.3. The highest BCUT2D eigenvalue weighted by molar-refractivity contribution is 5.80. The van der Waals surface area contributed by atoms with Crippen LogP contribution in [0.25, 0.3) is 33.7 Å². The Bertz CT molecular complexity index is 1180. The molecule has 32 heavy (non-hydrogen) atoms. The Kier molecular flexibility index (Phi) is 6.97. The first-order valence-electron chi connectivity index (χ1n) is 11.0. The van der Waals surface area contributed by atoms with Crippen LogP contribution in [0.4, 0.5) is 0 Å². The van der Waals surface area contributed by atoms with Gasteiger partial charge in [-0.3, -0.25) is 9.69 Å². The molecule has 0 amide bonds. The normalized spacial score (nSPS) is 14.0. The maximum atomic E-state index is 8.36. The molecule has 1 N–H and O–H groups in total. The fourth-order valence-corrected chi connectivity index (χ4v) is 4.36. The Hall–Kier alpha value is -3.44. The van der Waals surface area contributed by atoms with Gasteiger partial charge in [0.15, 0.2) is 5.58 Å². The molecule has 0 saturated carbocycles. The van der Waals surface area contributed by atoms with Crippen LogP contribution in [0.1, 0.15) is 30.4 Å². The molecule has 4 aromatic rings. The van der Waals surface area contributed by atoms with Crippen molar-refractivity contribution in [2.75, 3.05) is 13.1 Å². The number of hydrogen-bond donors (Lipinski definition) is 1. The Morgan fingerprint density at radius 3 is 2.44 bits per heavy atom. The summed E-state index contributed by atoms with van der Waals surface area (Å²) in [6.07, 6.45) is 3.99. The van der Waals surface area contributed by atoms with Gasteiger partial charge in [0.25, 0.3) is 6.47 Å². The first kappa shape index (κ1) is 21.8. The lowest BCUT2D eigenvalue weighted by molar-refractivity contribution is -0.122. The molecule has 3 aromatic carbocycles. The topological polar surface area (TPSA) is 66.6 Å². The Balaban J connectivity index is 0.000000775. The van der Waals surface area contributed by atoms with E-state index in [1.807, 2.05) is 6.07 Å². The van der Waals surface area contributed by atoms with Gasteiger partial charge >= 0.3 is 0 Å². The van der Waals surface area contributed by atoms with E-state index >= 15 is 0 Å². The number of benzene rings is 3. The molecule has 1 fully saturated rings. The lowest BCUT2D eigenvalue weighted by Crippen LogP contribution is -2.29. The number of fused-ring (bicyclic) bond motifs is 1. The summed E-state index contributed by atoms with van der Waals surface area (Å²) in [6.45, 7) is 5.30. The van der Waals surface area contributed by atoms with E-state index in [1.54, 1.807) is 0 Å². The first-order chi connectivity index (χ1) is 15.7. The van der Waals surface area contributed by atoms with Crippen molar-refractivity contribution in [2.45, 2.75) is 32.7 Å². The predicted octanol–water partition coefficient (Wildman–Crippen LogP) is 6.16. The standard InChI is InChI=1S/C26H26N2O.CH2O2/c1-19-22(21-9-4-2-5-10-21)11-8-12-23(19)26-27-24-17-20(13-14-25(24)29-26)18-28-15-6-3-7-16-28;2-1-3/h2,4-5,8-14,17H,3,6-7,15-16,18H2,1H3;1H,(H,2,3). The average Bonchev–Trinajstić information content (AvgIpc) is 3.24. The fourth-order valence-electron chi connectivity index (χ4n) is 4.36. The van der Waals surface area contributed by atoms with Gasteiger partial charge in [-0.15, -0.1) is 0 Å². The molecule has 0 atom stereocenters. The molecule has 5 heteroatoms. The molecule has 1 saturated heterocycles. The molecule has 0 spiro atoms. The highest BCUT2D eigenvalue weighted by Crippen LogP contribution is 2.33. The van der Waals surface area contributed by atoms with Crippen LogP contribution in [0.5, 0.6) is 0 Å². The van der Waals surface area contributed by atoms with Gasteiger partial charge in [0.2, 0.25) is 5.89 Å². The van der Waals surface area contributed by atoms with Gasteiger partial charge < -0.3 is 9.52 Å². The van der Waals surface area contributed by atoms with Crippen molar-refractivity contribution in [3.8, 4) is 22.6 Å². The number of likely N-dealkylation sites (tertiary alicyclic amines) is 1. The van der Waals surface area contributed by atoms with Gasteiger partial charge in [-0.2, -0.15) is 0 Å². The minimum absolute atomic E-state index is 0.250. The number of rotatable bonds is 4. The van der Waals surface area contributed by atoms with Gasteiger partial charge in [0.1, 0.15) is 5.52 Å². The van der Waals surface area contributed by atoms with Crippen LogP contribution < -0.4 is 0 Å². The highest BCUT2D eigenvalue weighted by Gasteiger charge is 2.15. The van der Waals surface area contributed by atoms with Crippen molar-refractivity contribution in [1.82, 2.24) is 9.88 Å². The summed E-state index contributed by atoms with van der Waals surface area (Å²) >= 11 is 0. The quantitative estimate of drug-likeness (QED) is 0.395. The van der Waals surface area contributed by atoms with Gasteiger partial charge in [-0.25, -0.2) is 4.98 Å². The monoisotopic (exact) mass is 428 g/mol. The zero-order valence-electron chi connectivity index (χ0n) is 18.3. The minimum atomic E-state index is -0.250. The summed E-state index contributed by atoms with van der Waals surface area (Å²) in [5, 5.41) is 6.89. The third-order valence-corrected chi connectivity index (χ3v) is 5.96. The van der Waals surface area contributed by atoms with Gasteiger partial charge in [0, 0.05) is 12.1 Å². The SMILES string of the molecule is Cc1c(-c2ccccc2)cccc1-c1nc2cc(CN3CCCCC3)ccc2o1.O=CO. The van der Waals surface area contributed by atoms with Crippen molar-refractivity contribution in [2.24, 2.45) is 0 Å². The lowest BCUT2D eigenvalue weighted by atomic mass is 9.96. The smallest absolute Gasteiger partial charge is 0.290 e. The molecular formula is C27H28N2O3. The van der Waals surface area contributed by atoms with E-state index in [9.17, 15) is 0 Å². The maximum absolute atomic E-state index is 8.36. The number of aromatic nitrogens is 1. The molecule has 0 aliphatic carbocycles. The molecule has 1 aliphatic heterocycles. The summed E-state index contributed by atoms with van der Waals surface area (Å²) in [5.74, 6) is 0.699. The molecule has 1 aliphatic rings. The predicted molar refractivity (Wildman–Crippen MR) is 127 cm³/mol. The van der Waals surface area contributed by atoms with Crippen LogP contribution in [0.2, 0.25) is 0 Å². The first-order valence-corrected chi connectivity index (χ1v) is 11.0. The molecule has 5 rings (SSSR count). The van der Waals surface area contributed by atoms with Gasteiger partial charge in [-0.1, -0.05) is 55.0 Å². The third-order valence-electron chi connectivity index (χ3n) is 5.96. The summed E-state index contributed by atoms with van der Waals surface area (Å²) < 4.78 is 6.15. The second-order valence-corrected chi connectivity index (χ2v) is 8.11. The number of nitrogens with zero attached hydrogens (tertiary/aromatic N) is 2. The molecule has 0 bridgehead atoms. The fraction of sp³-hybridized carbons (Fsp3) is 0.259. The zero-order chi connectivity index (χ0) is 22.3. The molecule has 0 unspecified atom stereocenters. The second-order valence-electron chi connectivity index (χ2n) is 8.11. The van der Waals surface area contributed by atoms with Crippen molar-refractivity contribution in [1.29, 1.82) is 0 Å². The van der Waals surface area contributed by atoms with Crippen LogP contribution in [0, 0.1) is 6.92 Å². The lowest BCUT2D eigenvalue weighted by Gasteiger charge is -2.26. The molecule has 5 nitrogen and oxygen atoms in total. The molecule has 0 radical (unpaired) electrons. The van der Waals surface area contributed by atoms with Crippen molar-refractivity contribution < 1.29 is 14.3 Å². The number of carboxylic acid groups (broad SMARTS) is 1. The highest BCUT2D eigenvalue weighted by atomic mass is 16.3. The Labute approximate surface area is 188 Å². The van der Waals surface area contributed by atoms with Crippen LogP contribution >= 0.6 is 0 Å². The summed E-state index contributed by atoms with van der Waals surface area (Å²) in [4.78, 5) is 15.7. The number of piperidine rings is 1. The van der Waals surface area contributed by atoms with Crippen LogP contribution in [0.15, 0.2) is 71.1 Å². The number of oxazole rings is 1. The largest absolute Gasteiger partial charge is 0.483 e. The van der Waals surface area contributed by atoms with E-state index in [0.29, 0.717) is 5.89 Å². The van der Waals surface area contributed by atoms with E-state index in [1.165, 1.54) is 54.6 Å². The number of hydrogen-bond acceptors (Lipinski definition) is 4. The van der Waals surface area contributed by atoms with Crippen LogP contribution in [-0.4, -0.2) is 34.6 Å². The molecule has 164 valence electrons. The van der Waals surface area contributed by atoms with Crippen LogP contribution in [0.3, 0.4) is 0 Å². The summed E-state index contributed by atoms with van der Waals surface area (Å²) in [5.41, 5.74) is 7.79. The van der Waals surface area contributed by atoms with Gasteiger partial charge in [0.05, 0.1) is 0 Å². The van der Waals surface area contributed by atoms with E-state index < -0.39 is 0 Å². The minimum Gasteiger partial charge on any atom is -0.483 e. The summed E-state index contributed by atoms with van der Waals surface area (Å²) in [7, 11) is 0. The maximum Gasteiger partial charge on any atom is 0.290 e. The Morgan fingerprint density at radius 2 is 1.69 bits per heavy atom. The molecule has 1 aromatic heterocycles. The van der Waals surface area contributed by atoms with E-state index in [-0.39, 0.29) is 6.47 Å². The van der Waals surface area contributed by atoms with Crippen molar-refractivity contribution in [3.05, 3.63) is 77.9 Å². The van der Waals surface area contributed by atoms with Crippen molar-refractivity contribution in [3.63, 3.8) is 0 Å². The molecule has 2 heterocycles. The van der Waals surface area contributed by atoms with Gasteiger partial charge in [-0.05, 0) is 73.3 Å². The third kappa shape index (κ3) is 4.89. The van der Waals surface area contributed by atoms with Crippen molar-refractivity contribution >= 4 is 17.6 Å². The average molecular weight is 429 g/mol. The molecular weight excluding hydrogens is 400 g/mol. The summed E-state index contributed by atoms with van der Waals surface area (Å²) in [6, 6.07) is 23.3. The van der Waals surface area contributed by atoms with E-state index in [0.717, 1.165) is 23.2 Å². The van der Waals surface area contributed by atoms with Crippen LogP contribution in [-0.2, 0) is 11.3 Å². The van der Waals surface area contributed by atoms with E-state index in [2.05, 4.69) is 72.5 Å². The van der Waals surface area contributed by atoms with E-state index in [4.69, 9.17) is 19.3 Å².